The van der Waals surface area contributed by atoms with Gasteiger partial charge in [-0.1, -0.05) is 29.8 Å². The van der Waals surface area contributed by atoms with Crippen LogP contribution >= 0.6 is 0 Å². The summed E-state index contributed by atoms with van der Waals surface area (Å²) in [6, 6.07) is 14.4. The molecule has 6 nitrogen and oxygen atoms in total. The molecule has 0 unspecified atom stereocenters. The molecule has 0 aliphatic heterocycles. The molecule has 0 aromatic heterocycles. The summed E-state index contributed by atoms with van der Waals surface area (Å²) >= 11 is 0. The van der Waals surface area contributed by atoms with Crippen molar-refractivity contribution in [1.29, 1.82) is 0 Å². The zero-order chi connectivity index (χ0) is 20.7. The largest absolute Gasteiger partial charge is 0.352 e. The summed E-state index contributed by atoms with van der Waals surface area (Å²) in [5, 5.41) is 2.88. The van der Waals surface area contributed by atoms with Crippen molar-refractivity contribution in [3.05, 3.63) is 65.2 Å². The van der Waals surface area contributed by atoms with Crippen LogP contribution in [0.1, 0.15) is 27.9 Å². The molecule has 0 saturated heterocycles. The van der Waals surface area contributed by atoms with Crippen molar-refractivity contribution in [3.8, 4) is 0 Å². The molecule has 7 heteroatoms. The van der Waals surface area contributed by atoms with Gasteiger partial charge in [0.1, 0.15) is 0 Å². The lowest BCUT2D eigenvalue weighted by molar-refractivity contribution is 0.0952. The Labute approximate surface area is 168 Å². The molecule has 0 saturated carbocycles. The smallest absolute Gasteiger partial charge is 0.251 e. The summed E-state index contributed by atoms with van der Waals surface area (Å²) in [6.45, 7) is 3.74. The van der Waals surface area contributed by atoms with Crippen molar-refractivity contribution in [2.24, 2.45) is 0 Å². The number of carbonyl (C=O) groups excluding carboxylic acids is 1. The molecule has 2 rings (SSSR count). The number of hydrogen-bond donors (Lipinski definition) is 1. The fourth-order valence-electron chi connectivity index (χ4n) is 2.74. The van der Waals surface area contributed by atoms with Crippen molar-refractivity contribution >= 4 is 21.6 Å². The summed E-state index contributed by atoms with van der Waals surface area (Å²) in [4.78, 5) is 14.3. The van der Waals surface area contributed by atoms with Crippen LogP contribution < -0.4 is 9.62 Å². The highest BCUT2D eigenvalue weighted by Gasteiger charge is 2.18. The summed E-state index contributed by atoms with van der Waals surface area (Å²) < 4.78 is 25.9. The number of hydrogen-bond acceptors (Lipinski definition) is 4. The molecular weight excluding hydrogens is 374 g/mol. The van der Waals surface area contributed by atoms with Crippen molar-refractivity contribution in [3.63, 3.8) is 0 Å². The van der Waals surface area contributed by atoms with Gasteiger partial charge in [-0.25, -0.2) is 8.42 Å². The van der Waals surface area contributed by atoms with E-state index in [0.29, 0.717) is 17.8 Å². The van der Waals surface area contributed by atoms with Gasteiger partial charge < -0.3 is 10.2 Å². The number of benzene rings is 2. The van der Waals surface area contributed by atoms with Gasteiger partial charge in [-0.15, -0.1) is 0 Å². The molecule has 1 N–H and O–H groups in total. The number of carbonyl (C=O) groups is 1. The lowest BCUT2D eigenvalue weighted by Crippen LogP contribution is -2.29. The van der Waals surface area contributed by atoms with Crippen molar-refractivity contribution in [1.82, 2.24) is 10.2 Å². The molecule has 28 heavy (non-hydrogen) atoms. The lowest BCUT2D eigenvalue weighted by atomic mass is 10.1. The highest BCUT2D eigenvalue weighted by molar-refractivity contribution is 7.92. The molecular formula is C21H29N3O3S. The summed E-state index contributed by atoms with van der Waals surface area (Å²) in [5.74, 6) is -0.158. The van der Waals surface area contributed by atoms with E-state index in [-0.39, 0.29) is 12.5 Å². The molecule has 0 radical (unpaired) electrons. The zero-order valence-corrected chi connectivity index (χ0v) is 17.8. The maximum atomic E-state index is 12.3. The van der Waals surface area contributed by atoms with Crippen LogP contribution in [0.4, 0.5) is 5.69 Å². The molecule has 0 fully saturated rings. The first-order chi connectivity index (χ1) is 13.2. The highest BCUT2D eigenvalue weighted by Crippen LogP contribution is 2.21. The van der Waals surface area contributed by atoms with Crippen LogP contribution in [0.5, 0.6) is 0 Å². The molecule has 2 aromatic rings. The highest BCUT2D eigenvalue weighted by atomic mass is 32.2. The predicted octanol–water partition coefficient (Wildman–Crippen LogP) is 2.64. The molecule has 2 aromatic carbocycles. The first-order valence-electron chi connectivity index (χ1n) is 9.23. The van der Waals surface area contributed by atoms with Crippen LogP contribution in [-0.2, 0) is 16.6 Å². The van der Waals surface area contributed by atoms with Gasteiger partial charge >= 0.3 is 0 Å². The number of anilines is 1. The van der Waals surface area contributed by atoms with Gasteiger partial charge in [-0.2, -0.15) is 0 Å². The molecule has 0 bridgehead atoms. The van der Waals surface area contributed by atoms with Gasteiger partial charge in [0.05, 0.1) is 18.5 Å². The minimum absolute atomic E-state index is 0.158. The average Bonchev–Trinajstić information content (AvgIpc) is 2.63. The second-order valence-electron chi connectivity index (χ2n) is 7.21. The van der Waals surface area contributed by atoms with Crippen LogP contribution in [0.2, 0.25) is 0 Å². The molecule has 152 valence electrons. The Hall–Kier alpha value is -2.38. The van der Waals surface area contributed by atoms with Gasteiger partial charge in [0, 0.05) is 12.1 Å². The Bertz CT molecular complexity index is 876. The van der Waals surface area contributed by atoms with Crippen molar-refractivity contribution in [2.45, 2.75) is 19.9 Å². The lowest BCUT2D eigenvalue weighted by Gasteiger charge is -2.23. The first-order valence-corrected chi connectivity index (χ1v) is 11.1. The number of nitrogens with zero attached hydrogens (tertiary/aromatic N) is 2. The van der Waals surface area contributed by atoms with E-state index in [9.17, 15) is 13.2 Å². The van der Waals surface area contributed by atoms with Gasteiger partial charge in [0.2, 0.25) is 10.0 Å². The monoisotopic (exact) mass is 403 g/mol. The summed E-state index contributed by atoms with van der Waals surface area (Å²) in [5.41, 5.74) is 3.07. The normalized spacial score (nSPS) is 11.5. The van der Waals surface area contributed by atoms with Crippen LogP contribution in [-0.4, -0.2) is 52.7 Å². The van der Waals surface area contributed by atoms with E-state index in [1.165, 1.54) is 10.6 Å². The van der Waals surface area contributed by atoms with E-state index in [0.717, 1.165) is 24.1 Å². The maximum absolute atomic E-state index is 12.3. The minimum atomic E-state index is -3.46. The SMILES string of the molecule is Cc1ccc(CN(c2ccc(C(=O)NCCCN(C)C)cc2)S(C)(=O)=O)cc1. The first kappa shape index (κ1) is 21.9. The van der Waals surface area contributed by atoms with E-state index in [1.807, 2.05) is 45.3 Å². The Morgan fingerprint density at radius 1 is 1.00 bits per heavy atom. The third kappa shape index (κ3) is 6.65. The Morgan fingerprint density at radius 2 is 1.61 bits per heavy atom. The molecule has 0 aliphatic carbocycles. The molecule has 0 atom stereocenters. The summed E-state index contributed by atoms with van der Waals surface area (Å²) in [7, 11) is 0.525. The third-order valence-corrected chi connectivity index (χ3v) is 5.47. The van der Waals surface area contributed by atoms with Crippen molar-refractivity contribution in [2.75, 3.05) is 37.7 Å². The molecule has 1 amide bonds. The Balaban J connectivity index is 2.09. The van der Waals surface area contributed by atoms with Gasteiger partial charge in [-0.05, 0) is 63.8 Å². The molecule has 0 spiro atoms. The van der Waals surface area contributed by atoms with Gasteiger partial charge in [0.25, 0.3) is 5.91 Å². The van der Waals surface area contributed by atoms with Crippen LogP contribution in [0.25, 0.3) is 0 Å². The number of amides is 1. The third-order valence-electron chi connectivity index (χ3n) is 4.33. The molecule has 0 aliphatic rings. The van der Waals surface area contributed by atoms with Gasteiger partial charge in [0.15, 0.2) is 0 Å². The number of rotatable bonds is 9. The van der Waals surface area contributed by atoms with E-state index in [4.69, 9.17) is 0 Å². The standard InChI is InChI=1S/C21H29N3O3S/c1-17-6-8-18(9-7-17)16-24(28(4,26)27)20-12-10-19(11-13-20)21(25)22-14-5-15-23(2)3/h6-13H,5,14-16H2,1-4H3,(H,22,25). The van der Waals surface area contributed by atoms with E-state index < -0.39 is 10.0 Å². The van der Waals surface area contributed by atoms with Crippen LogP contribution in [0, 0.1) is 6.92 Å². The van der Waals surface area contributed by atoms with Crippen LogP contribution in [0.15, 0.2) is 48.5 Å². The average molecular weight is 404 g/mol. The van der Waals surface area contributed by atoms with Gasteiger partial charge in [-0.3, -0.25) is 9.10 Å². The van der Waals surface area contributed by atoms with Crippen molar-refractivity contribution < 1.29 is 13.2 Å². The van der Waals surface area contributed by atoms with Crippen LogP contribution in [0.3, 0.4) is 0 Å². The fourth-order valence-corrected chi connectivity index (χ4v) is 3.63. The zero-order valence-electron chi connectivity index (χ0n) is 17.0. The second kappa shape index (κ2) is 9.71. The number of sulfonamides is 1. The van der Waals surface area contributed by atoms with E-state index in [2.05, 4.69) is 10.2 Å². The quantitative estimate of drug-likeness (QED) is 0.654. The number of aryl methyl sites for hydroxylation is 1. The maximum Gasteiger partial charge on any atom is 0.251 e. The predicted molar refractivity (Wildman–Crippen MR) is 114 cm³/mol. The minimum Gasteiger partial charge on any atom is -0.352 e. The number of nitrogens with one attached hydrogen (secondary N) is 1. The summed E-state index contributed by atoms with van der Waals surface area (Å²) in [6.07, 6.45) is 2.06. The Kier molecular flexibility index (Phi) is 7.60. The second-order valence-corrected chi connectivity index (χ2v) is 9.12. The Morgan fingerprint density at radius 3 is 2.14 bits per heavy atom. The topological polar surface area (TPSA) is 69.7 Å². The molecule has 0 heterocycles. The van der Waals surface area contributed by atoms with E-state index in [1.54, 1.807) is 24.3 Å². The fraction of sp³-hybridized carbons (Fsp3) is 0.381. The van der Waals surface area contributed by atoms with E-state index >= 15 is 0 Å².